The third kappa shape index (κ3) is 3.61. The van der Waals surface area contributed by atoms with Crippen LogP contribution in [0.3, 0.4) is 0 Å². The zero-order valence-electron chi connectivity index (χ0n) is 8.81. The molecule has 1 aliphatic heterocycles. The van der Waals surface area contributed by atoms with Crippen LogP contribution in [-0.2, 0) is 0 Å². The highest BCUT2D eigenvalue weighted by Crippen LogP contribution is 2.31. The van der Waals surface area contributed by atoms with E-state index in [-0.39, 0.29) is 6.42 Å². The van der Waals surface area contributed by atoms with E-state index in [1.807, 2.05) is 7.05 Å². The number of aliphatic hydroxyl groups is 1. The molecule has 0 aromatic carbocycles. The second-order valence-electron chi connectivity index (χ2n) is 4.92. The molecule has 0 aromatic rings. The van der Waals surface area contributed by atoms with Crippen molar-refractivity contribution in [1.29, 1.82) is 0 Å². The van der Waals surface area contributed by atoms with E-state index in [1.165, 1.54) is 13.8 Å². The summed E-state index contributed by atoms with van der Waals surface area (Å²) < 4.78 is 13.3. The monoisotopic (exact) mass is 189 g/mol. The average Bonchev–Trinajstić information content (AvgIpc) is 1.92. The van der Waals surface area contributed by atoms with Gasteiger partial charge in [0.2, 0.25) is 0 Å². The van der Waals surface area contributed by atoms with Gasteiger partial charge >= 0.3 is 0 Å². The number of hydrogen-bond donors (Lipinski definition) is 1. The van der Waals surface area contributed by atoms with Gasteiger partial charge in [-0.3, -0.25) is 0 Å². The molecule has 1 rings (SSSR count). The summed E-state index contributed by atoms with van der Waals surface area (Å²) in [5, 5.41) is 10.1. The molecule has 1 saturated heterocycles. The molecule has 0 unspecified atom stereocenters. The molecule has 0 saturated carbocycles. The number of nitrogens with zero attached hydrogens (tertiary/aromatic N) is 1. The molecule has 0 radical (unpaired) electrons. The van der Waals surface area contributed by atoms with Crippen LogP contribution in [0.5, 0.6) is 0 Å². The molecule has 1 N–H and O–H groups in total. The van der Waals surface area contributed by atoms with E-state index >= 15 is 0 Å². The predicted octanol–water partition coefficient (Wildman–Crippen LogP) is 1.58. The molecule has 78 valence electrons. The number of piperidine rings is 1. The Balaban J connectivity index is 2.48. The van der Waals surface area contributed by atoms with Gasteiger partial charge < -0.3 is 10.0 Å². The van der Waals surface area contributed by atoms with Crippen molar-refractivity contribution in [3.63, 3.8) is 0 Å². The van der Waals surface area contributed by atoms with Crippen molar-refractivity contribution in [3.05, 3.63) is 0 Å². The maximum Gasteiger partial charge on any atom is 0.108 e. The van der Waals surface area contributed by atoms with Crippen LogP contribution in [0.2, 0.25) is 0 Å². The summed E-state index contributed by atoms with van der Waals surface area (Å²) in [6.45, 7) is 4.80. The second-order valence-corrected chi connectivity index (χ2v) is 4.92. The first-order valence-electron chi connectivity index (χ1n) is 4.91. The maximum atomic E-state index is 13.3. The molecule has 1 fully saturated rings. The van der Waals surface area contributed by atoms with Crippen LogP contribution in [0, 0.1) is 0 Å². The van der Waals surface area contributed by atoms with E-state index in [9.17, 15) is 9.50 Å². The molecule has 0 atom stereocenters. The van der Waals surface area contributed by atoms with Crippen LogP contribution in [0.15, 0.2) is 0 Å². The number of hydrogen-bond acceptors (Lipinski definition) is 2. The zero-order chi connectivity index (χ0) is 10.1. The number of likely N-dealkylation sites (tertiary alicyclic amines) is 1. The molecular weight excluding hydrogens is 169 g/mol. The molecule has 1 aliphatic rings. The van der Waals surface area contributed by atoms with Crippen LogP contribution in [0.4, 0.5) is 4.39 Å². The van der Waals surface area contributed by atoms with Gasteiger partial charge in [0.1, 0.15) is 5.67 Å². The Hall–Kier alpha value is -0.150. The summed E-state index contributed by atoms with van der Waals surface area (Å²) in [6, 6.07) is 0. The first-order chi connectivity index (χ1) is 5.81. The Morgan fingerprint density at radius 3 is 2.23 bits per heavy atom. The first kappa shape index (κ1) is 10.9. The standard InChI is InChI=1S/C10H20FNO/c1-9(2,11)8-10(13)4-6-12(3)7-5-10/h13H,4-8H2,1-3H3. The fraction of sp³-hybridized carbons (Fsp3) is 1.00. The highest BCUT2D eigenvalue weighted by molar-refractivity contribution is 4.89. The number of rotatable bonds is 2. The number of alkyl halides is 1. The molecule has 0 amide bonds. The van der Waals surface area contributed by atoms with Gasteiger partial charge in [0, 0.05) is 19.5 Å². The third-order valence-corrected chi connectivity index (χ3v) is 2.67. The topological polar surface area (TPSA) is 23.5 Å². The van der Waals surface area contributed by atoms with E-state index in [2.05, 4.69) is 4.90 Å². The lowest BCUT2D eigenvalue weighted by Crippen LogP contribution is -2.45. The van der Waals surface area contributed by atoms with Crippen LogP contribution in [0.25, 0.3) is 0 Å². The SMILES string of the molecule is CN1CCC(O)(CC(C)(C)F)CC1. The van der Waals surface area contributed by atoms with Gasteiger partial charge in [0.25, 0.3) is 0 Å². The summed E-state index contributed by atoms with van der Waals surface area (Å²) in [5.74, 6) is 0. The Kier molecular flexibility index (Phi) is 2.98. The Morgan fingerprint density at radius 1 is 1.38 bits per heavy atom. The zero-order valence-corrected chi connectivity index (χ0v) is 8.81. The van der Waals surface area contributed by atoms with Crippen LogP contribution in [0.1, 0.15) is 33.1 Å². The van der Waals surface area contributed by atoms with E-state index in [0.29, 0.717) is 12.8 Å². The van der Waals surface area contributed by atoms with Crippen molar-refractivity contribution in [1.82, 2.24) is 4.90 Å². The van der Waals surface area contributed by atoms with E-state index in [1.54, 1.807) is 0 Å². The lowest BCUT2D eigenvalue weighted by Gasteiger charge is -2.38. The van der Waals surface area contributed by atoms with Crippen molar-refractivity contribution < 1.29 is 9.50 Å². The molecule has 0 aliphatic carbocycles. The van der Waals surface area contributed by atoms with Crippen molar-refractivity contribution in [2.24, 2.45) is 0 Å². The Morgan fingerprint density at radius 2 is 1.85 bits per heavy atom. The second kappa shape index (κ2) is 3.54. The average molecular weight is 189 g/mol. The minimum Gasteiger partial charge on any atom is -0.390 e. The summed E-state index contributed by atoms with van der Waals surface area (Å²) >= 11 is 0. The van der Waals surface area contributed by atoms with Gasteiger partial charge in [-0.25, -0.2) is 4.39 Å². The maximum absolute atomic E-state index is 13.3. The van der Waals surface area contributed by atoms with Gasteiger partial charge in [-0.05, 0) is 33.7 Å². The minimum atomic E-state index is -1.26. The predicted molar refractivity (Wildman–Crippen MR) is 51.5 cm³/mol. The largest absolute Gasteiger partial charge is 0.390 e. The smallest absolute Gasteiger partial charge is 0.108 e. The first-order valence-corrected chi connectivity index (χ1v) is 4.91. The third-order valence-electron chi connectivity index (χ3n) is 2.67. The van der Waals surface area contributed by atoms with Crippen molar-refractivity contribution in [2.45, 2.75) is 44.4 Å². The van der Waals surface area contributed by atoms with Gasteiger partial charge in [0.15, 0.2) is 0 Å². The quantitative estimate of drug-likeness (QED) is 0.713. The minimum absolute atomic E-state index is 0.258. The van der Waals surface area contributed by atoms with Crippen LogP contribution >= 0.6 is 0 Å². The highest BCUT2D eigenvalue weighted by atomic mass is 19.1. The molecular formula is C10H20FNO. The summed E-state index contributed by atoms with van der Waals surface area (Å²) in [4.78, 5) is 2.17. The van der Waals surface area contributed by atoms with Crippen LogP contribution in [-0.4, -0.2) is 41.4 Å². The fourth-order valence-electron chi connectivity index (χ4n) is 1.99. The van der Waals surface area contributed by atoms with Crippen molar-refractivity contribution in [3.8, 4) is 0 Å². The molecule has 13 heavy (non-hydrogen) atoms. The van der Waals surface area contributed by atoms with Gasteiger partial charge in [-0.1, -0.05) is 0 Å². The number of halogens is 1. The van der Waals surface area contributed by atoms with E-state index < -0.39 is 11.3 Å². The lowest BCUT2D eigenvalue weighted by molar-refractivity contribution is -0.0536. The van der Waals surface area contributed by atoms with E-state index in [0.717, 1.165) is 13.1 Å². The molecule has 0 spiro atoms. The molecule has 2 nitrogen and oxygen atoms in total. The fourth-order valence-corrected chi connectivity index (χ4v) is 1.99. The molecule has 1 heterocycles. The molecule has 0 bridgehead atoms. The van der Waals surface area contributed by atoms with Crippen molar-refractivity contribution >= 4 is 0 Å². The highest BCUT2D eigenvalue weighted by Gasteiger charge is 2.36. The normalized spacial score (nSPS) is 24.7. The van der Waals surface area contributed by atoms with Crippen molar-refractivity contribution in [2.75, 3.05) is 20.1 Å². The molecule has 3 heteroatoms. The summed E-state index contributed by atoms with van der Waals surface area (Å²) in [5.41, 5.74) is -2.03. The Labute approximate surface area is 79.7 Å². The van der Waals surface area contributed by atoms with Gasteiger partial charge in [-0.2, -0.15) is 0 Å². The Bertz CT molecular complexity index is 168. The van der Waals surface area contributed by atoms with E-state index in [4.69, 9.17) is 0 Å². The van der Waals surface area contributed by atoms with Crippen LogP contribution < -0.4 is 0 Å². The van der Waals surface area contributed by atoms with Gasteiger partial charge in [0.05, 0.1) is 5.60 Å². The lowest BCUT2D eigenvalue weighted by atomic mass is 9.83. The molecule has 0 aromatic heterocycles. The van der Waals surface area contributed by atoms with Gasteiger partial charge in [-0.15, -0.1) is 0 Å². The summed E-state index contributed by atoms with van der Waals surface area (Å²) in [7, 11) is 2.03. The summed E-state index contributed by atoms with van der Waals surface area (Å²) in [6.07, 6.45) is 1.64.